The number of aromatic nitrogens is 2. The molecule has 0 saturated carbocycles. The van der Waals surface area contributed by atoms with Crippen molar-refractivity contribution >= 4 is 28.4 Å². The zero-order valence-electron chi connectivity index (χ0n) is 18.9. The molecule has 2 heterocycles. The van der Waals surface area contributed by atoms with Gasteiger partial charge < -0.3 is 16.4 Å². The van der Waals surface area contributed by atoms with Crippen molar-refractivity contribution in [2.24, 2.45) is 0 Å². The summed E-state index contributed by atoms with van der Waals surface area (Å²) in [6.07, 6.45) is 3.04. The normalized spacial score (nSPS) is 11.7. The summed E-state index contributed by atoms with van der Waals surface area (Å²) in [4.78, 5) is 34.1. The number of aryl methyl sites for hydroxylation is 1. The number of benzene rings is 2. The second-order valence-corrected chi connectivity index (χ2v) is 8.12. The average Bonchev–Trinajstić information content (AvgIpc) is 2.84. The summed E-state index contributed by atoms with van der Waals surface area (Å²) in [5.41, 5.74) is 7.88. The van der Waals surface area contributed by atoms with Gasteiger partial charge in [0.1, 0.15) is 17.6 Å². The molecule has 0 saturated heterocycles. The molecule has 4 aromatic rings. The number of anilines is 1. The fourth-order valence-electron chi connectivity index (χ4n) is 3.73. The predicted molar refractivity (Wildman–Crippen MR) is 128 cm³/mol. The Bertz CT molecular complexity index is 1410. The molecule has 178 valence electrons. The minimum atomic E-state index is -1.05. The molecule has 2 aromatic carbocycles. The lowest BCUT2D eigenvalue weighted by molar-refractivity contribution is -0.123. The van der Waals surface area contributed by atoms with Gasteiger partial charge in [-0.25, -0.2) is 13.8 Å². The number of hydrogen-bond donors (Lipinski definition) is 3. The van der Waals surface area contributed by atoms with Crippen LogP contribution in [0, 0.1) is 18.6 Å². The van der Waals surface area contributed by atoms with Crippen LogP contribution >= 0.6 is 0 Å². The number of fused-ring (bicyclic) bond motifs is 1. The van der Waals surface area contributed by atoms with Crippen molar-refractivity contribution in [2.45, 2.75) is 25.9 Å². The number of rotatable bonds is 7. The van der Waals surface area contributed by atoms with Gasteiger partial charge in [-0.2, -0.15) is 0 Å². The van der Waals surface area contributed by atoms with E-state index in [0.717, 1.165) is 28.5 Å². The molecule has 0 fully saturated rings. The first-order valence-electron chi connectivity index (χ1n) is 10.9. The van der Waals surface area contributed by atoms with Crippen LogP contribution in [0.3, 0.4) is 0 Å². The number of nitrogens with one attached hydrogen (secondary N) is 2. The summed E-state index contributed by atoms with van der Waals surface area (Å²) in [5.74, 6) is -2.63. The Kier molecular flexibility index (Phi) is 6.96. The van der Waals surface area contributed by atoms with E-state index in [1.54, 1.807) is 25.3 Å². The molecule has 0 bridgehead atoms. The molecule has 1 atom stereocenters. The van der Waals surface area contributed by atoms with Gasteiger partial charge in [-0.15, -0.1) is 0 Å². The van der Waals surface area contributed by atoms with Gasteiger partial charge in [0, 0.05) is 30.7 Å². The van der Waals surface area contributed by atoms with E-state index in [0.29, 0.717) is 16.9 Å². The zero-order chi connectivity index (χ0) is 24.9. The lowest BCUT2D eigenvalue weighted by Crippen LogP contribution is -2.48. The summed E-state index contributed by atoms with van der Waals surface area (Å²) < 4.78 is 27.1. The van der Waals surface area contributed by atoms with Crippen LogP contribution in [0.25, 0.3) is 10.8 Å². The minimum Gasteiger partial charge on any atom is -0.383 e. The SMILES string of the molecule is Cc1cccnc1C(=O)N[C@@H](Cc1ccc(F)c(F)c1)C(=O)NCc1ccc2c(N)nccc2c1. The number of nitrogens with zero attached hydrogens (tertiary/aromatic N) is 2. The summed E-state index contributed by atoms with van der Waals surface area (Å²) >= 11 is 0. The van der Waals surface area contributed by atoms with Crippen molar-refractivity contribution in [3.8, 4) is 0 Å². The third-order valence-corrected chi connectivity index (χ3v) is 5.60. The highest BCUT2D eigenvalue weighted by atomic mass is 19.2. The quantitative estimate of drug-likeness (QED) is 0.379. The third-order valence-electron chi connectivity index (χ3n) is 5.60. The molecule has 9 heteroatoms. The maximum atomic E-state index is 13.8. The van der Waals surface area contributed by atoms with Crippen LogP contribution in [-0.4, -0.2) is 27.8 Å². The van der Waals surface area contributed by atoms with Crippen LogP contribution in [0.2, 0.25) is 0 Å². The highest BCUT2D eigenvalue weighted by Gasteiger charge is 2.23. The number of nitrogens with two attached hydrogens (primary N) is 1. The van der Waals surface area contributed by atoms with Gasteiger partial charge in [0.15, 0.2) is 11.6 Å². The Labute approximate surface area is 200 Å². The molecule has 0 aliphatic rings. The van der Waals surface area contributed by atoms with Crippen LogP contribution in [0.1, 0.15) is 27.2 Å². The van der Waals surface area contributed by atoms with E-state index in [1.165, 1.54) is 12.3 Å². The second kappa shape index (κ2) is 10.3. The number of halogens is 2. The van der Waals surface area contributed by atoms with Gasteiger partial charge in [0.05, 0.1) is 0 Å². The number of carbonyl (C=O) groups excluding carboxylic acids is 2. The zero-order valence-corrected chi connectivity index (χ0v) is 18.9. The molecule has 0 aliphatic heterocycles. The van der Waals surface area contributed by atoms with Gasteiger partial charge in [0.2, 0.25) is 5.91 Å². The Morgan fingerprint density at radius 2 is 1.77 bits per heavy atom. The van der Waals surface area contributed by atoms with E-state index >= 15 is 0 Å². The van der Waals surface area contributed by atoms with Gasteiger partial charge >= 0.3 is 0 Å². The summed E-state index contributed by atoms with van der Waals surface area (Å²) in [6.45, 7) is 1.91. The van der Waals surface area contributed by atoms with Crippen molar-refractivity contribution in [3.63, 3.8) is 0 Å². The minimum absolute atomic E-state index is 0.0411. The van der Waals surface area contributed by atoms with Gasteiger partial charge in [-0.3, -0.25) is 14.6 Å². The largest absolute Gasteiger partial charge is 0.383 e. The van der Waals surface area contributed by atoms with Crippen LogP contribution in [0.4, 0.5) is 14.6 Å². The second-order valence-electron chi connectivity index (χ2n) is 8.12. The van der Waals surface area contributed by atoms with Crippen LogP contribution in [-0.2, 0) is 17.8 Å². The summed E-state index contributed by atoms with van der Waals surface area (Å²) in [6, 6.07) is 13.1. The fraction of sp³-hybridized carbons (Fsp3) is 0.154. The van der Waals surface area contributed by atoms with E-state index in [-0.39, 0.29) is 18.7 Å². The van der Waals surface area contributed by atoms with E-state index in [4.69, 9.17) is 5.73 Å². The monoisotopic (exact) mass is 475 g/mol. The molecule has 4 rings (SSSR count). The van der Waals surface area contributed by atoms with E-state index < -0.39 is 29.5 Å². The van der Waals surface area contributed by atoms with Gasteiger partial charge in [-0.1, -0.05) is 24.3 Å². The van der Waals surface area contributed by atoms with Gasteiger partial charge in [-0.05, 0) is 59.3 Å². The van der Waals surface area contributed by atoms with Crippen molar-refractivity contribution in [1.29, 1.82) is 0 Å². The lowest BCUT2D eigenvalue weighted by Gasteiger charge is -2.19. The van der Waals surface area contributed by atoms with Crippen LogP contribution < -0.4 is 16.4 Å². The van der Waals surface area contributed by atoms with Crippen LogP contribution in [0.5, 0.6) is 0 Å². The molecule has 2 aromatic heterocycles. The van der Waals surface area contributed by atoms with Crippen molar-refractivity contribution < 1.29 is 18.4 Å². The molecule has 0 aliphatic carbocycles. The maximum absolute atomic E-state index is 13.8. The third kappa shape index (κ3) is 5.57. The molecular formula is C26H23F2N5O2. The van der Waals surface area contributed by atoms with Gasteiger partial charge in [0.25, 0.3) is 5.91 Å². The summed E-state index contributed by atoms with van der Waals surface area (Å²) in [7, 11) is 0. The number of amides is 2. The first kappa shape index (κ1) is 23.7. The molecule has 2 amide bonds. The molecule has 0 spiro atoms. The Balaban J connectivity index is 1.53. The number of nitrogen functional groups attached to an aromatic ring is 1. The first-order chi connectivity index (χ1) is 16.8. The van der Waals surface area contributed by atoms with E-state index in [2.05, 4.69) is 20.6 Å². The number of hydrogen-bond acceptors (Lipinski definition) is 5. The smallest absolute Gasteiger partial charge is 0.270 e. The maximum Gasteiger partial charge on any atom is 0.270 e. The highest BCUT2D eigenvalue weighted by molar-refractivity contribution is 5.97. The lowest BCUT2D eigenvalue weighted by atomic mass is 10.0. The number of pyridine rings is 2. The molecular weight excluding hydrogens is 452 g/mol. The standard InChI is InChI=1S/C26H23F2N5O2/c1-15-3-2-9-30-23(15)26(35)33-22(13-16-5-7-20(27)21(28)12-16)25(34)32-14-17-4-6-19-18(11-17)8-10-31-24(19)29/h2-12,22H,13-14H2,1H3,(H2,29,31)(H,32,34)(H,33,35)/t22-/m0/s1. The summed E-state index contributed by atoms with van der Waals surface area (Å²) in [5, 5.41) is 7.16. The van der Waals surface area contributed by atoms with E-state index in [1.807, 2.05) is 24.3 Å². The Morgan fingerprint density at radius 1 is 0.971 bits per heavy atom. The Hall–Kier alpha value is -4.40. The van der Waals surface area contributed by atoms with Crippen molar-refractivity contribution in [1.82, 2.24) is 20.6 Å². The van der Waals surface area contributed by atoms with Crippen LogP contribution in [0.15, 0.2) is 67.0 Å². The molecule has 35 heavy (non-hydrogen) atoms. The molecule has 7 nitrogen and oxygen atoms in total. The molecule has 0 unspecified atom stereocenters. The molecule has 0 radical (unpaired) electrons. The fourth-order valence-corrected chi connectivity index (χ4v) is 3.73. The van der Waals surface area contributed by atoms with Crippen molar-refractivity contribution in [3.05, 3.63) is 101 Å². The predicted octanol–water partition coefficient (Wildman–Crippen LogP) is 3.46. The topological polar surface area (TPSA) is 110 Å². The number of carbonyl (C=O) groups is 2. The highest BCUT2D eigenvalue weighted by Crippen LogP contribution is 2.20. The van der Waals surface area contributed by atoms with E-state index in [9.17, 15) is 18.4 Å². The molecule has 4 N–H and O–H groups in total. The van der Waals surface area contributed by atoms with Crippen molar-refractivity contribution in [2.75, 3.05) is 5.73 Å². The average molecular weight is 475 g/mol. The first-order valence-corrected chi connectivity index (χ1v) is 10.9. The Morgan fingerprint density at radius 3 is 2.54 bits per heavy atom.